The van der Waals surface area contributed by atoms with Crippen molar-refractivity contribution in [2.45, 2.75) is 51.4 Å². The summed E-state index contributed by atoms with van der Waals surface area (Å²) in [6.07, 6.45) is 1.98. The number of rotatable bonds is 4. The Hall–Kier alpha value is -0.950. The van der Waals surface area contributed by atoms with E-state index in [1.54, 1.807) is 20.8 Å². The van der Waals surface area contributed by atoms with E-state index in [0.29, 0.717) is 5.82 Å². The molecule has 0 saturated carbocycles. The number of nitrogens with zero attached hydrogens (tertiary/aromatic N) is 3. The molecule has 17 heavy (non-hydrogen) atoms. The standard InChI is InChI=1S/C10H18N4O2S/c1-7(2)17(15,16)13-8(3)10-12-11-9-5-4-6-14(9)10/h7-8,13H,4-6H2,1-3H3. The van der Waals surface area contributed by atoms with Gasteiger partial charge in [-0.3, -0.25) is 0 Å². The second-order valence-electron chi connectivity index (χ2n) is 4.66. The van der Waals surface area contributed by atoms with Crippen molar-refractivity contribution in [3.63, 3.8) is 0 Å². The van der Waals surface area contributed by atoms with E-state index in [4.69, 9.17) is 0 Å². The van der Waals surface area contributed by atoms with Crippen LogP contribution in [0.5, 0.6) is 0 Å². The van der Waals surface area contributed by atoms with Crippen molar-refractivity contribution in [1.82, 2.24) is 19.5 Å². The normalized spacial score (nSPS) is 17.4. The number of aromatic nitrogens is 3. The highest BCUT2D eigenvalue weighted by Crippen LogP contribution is 2.19. The molecule has 1 N–H and O–H groups in total. The molecular weight excluding hydrogens is 240 g/mol. The fraction of sp³-hybridized carbons (Fsp3) is 0.800. The van der Waals surface area contributed by atoms with Gasteiger partial charge in [0.15, 0.2) is 5.82 Å². The highest BCUT2D eigenvalue weighted by molar-refractivity contribution is 7.90. The molecule has 0 radical (unpaired) electrons. The smallest absolute Gasteiger partial charge is 0.214 e. The number of nitrogens with one attached hydrogen (secondary N) is 1. The van der Waals surface area contributed by atoms with E-state index in [2.05, 4.69) is 14.9 Å². The van der Waals surface area contributed by atoms with E-state index in [-0.39, 0.29) is 6.04 Å². The zero-order valence-electron chi connectivity index (χ0n) is 10.3. The van der Waals surface area contributed by atoms with Gasteiger partial charge < -0.3 is 4.57 Å². The third-order valence-corrected chi connectivity index (χ3v) is 4.91. The molecule has 0 aliphatic carbocycles. The van der Waals surface area contributed by atoms with E-state index < -0.39 is 15.3 Å². The number of hydrogen-bond donors (Lipinski definition) is 1. The minimum atomic E-state index is -3.27. The lowest BCUT2D eigenvalue weighted by molar-refractivity contribution is 0.539. The molecule has 6 nitrogen and oxygen atoms in total. The van der Waals surface area contributed by atoms with Crippen LogP contribution in [0.4, 0.5) is 0 Å². The van der Waals surface area contributed by atoms with Crippen LogP contribution in [0.2, 0.25) is 0 Å². The van der Waals surface area contributed by atoms with Crippen LogP contribution in [-0.2, 0) is 23.0 Å². The molecule has 0 spiro atoms. The predicted octanol–water partition coefficient (Wildman–Crippen LogP) is 0.613. The molecule has 1 aliphatic rings. The minimum absolute atomic E-state index is 0.332. The van der Waals surface area contributed by atoms with Gasteiger partial charge in [0.1, 0.15) is 5.82 Å². The van der Waals surface area contributed by atoms with Gasteiger partial charge >= 0.3 is 0 Å². The van der Waals surface area contributed by atoms with Crippen molar-refractivity contribution in [2.75, 3.05) is 0 Å². The number of fused-ring (bicyclic) bond motifs is 1. The first-order valence-electron chi connectivity index (χ1n) is 5.85. The maximum absolute atomic E-state index is 11.8. The molecule has 7 heteroatoms. The summed E-state index contributed by atoms with van der Waals surface area (Å²) in [5.41, 5.74) is 0. The first-order chi connectivity index (χ1) is 7.92. The van der Waals surface area contributed by atoms with Crippen molar-refractivity contribution in [2.24, 2.45) is 0 Å². The molecule has 1 atom stereocenters. The fourth-order valence-electron chi connectivity index (χ4n) is 1.93. The molecule has 1 aromatic heterocycles. The topological polar surface area (TPSA) is 76.9 Å². The van der Waals surface area contributed by atoms with Gasteiger partial charge in [-0.1, -0.05) is 0 Å². The lowest BCUT2D eigenvalue weighted by Gasteiger charge is -2.15. The van der Waals surface area contributed by atoms with E-state index in [1.807, 2.05) is 4.57 Å². The zero-order chi connectivity index (χ0) is 12.6. The van der Waals surface area contributed by atoms with Crippen molar-refractivity contribution < 1.29 is 8.42 Å². The van der Waals surface area contributed by atoms with E-state index in [9.17, 15) is 8.42 Å². The maximum Gasteiger partial charge on any atom is 0.214 e. The van der Waals surface area contributed by atoms with Crippen LogP contribution < -0.4 is 4.72 Å². The summed E-state index contributed by atoms with van der Waals surface area (Å²) in [4.78, 5) is 0. The molecular formula is C10H18N4O2S. The Morgan fingerprint density at radius 3 is 2.65 bits per heavy atom. The SMILES string of the molecule is CC(NS(=O)(=O)C(C)C)c1nnc2n1CCC2. The molecule has 0 saturated heterocycles. The summed E-state index contributed by atoms with van der Waals surface area (Å²) < 4.78 is 28.2. The maximum atomic E-state index is 11.8. The fourth-order valence-corrected chi connectivity index (χ4v) is 2.80. The molecule has 1 aromatic rings. The Morgan fingerprint density at radius 1 is 1.29 bits per heavy atom. The van der Waals surface area contributed by atoms with Crippen molar-refractivity contribution in [1.29, 1.82) is 0 Å². The average Bonchev–Trinajstić information content (AvgIpc) is 2.75. The van der Waals surface area contributed by atoms with Crippen molar-refractivity contribution in [3.05, 3.63) is 11.6 Å². The van der Waals surface area contributed by atoms with Crippen LogP contribution >= 0.6 is 0 Å². The Kier molecular flexibility index (Phi) is 3.22. The Labute approximate surface area is 101 Å². The monoisotopic (exact) mass is 258 g/mol. The summed E-state index contributed by atoms with van der Waals surface area (Å²) in [6, 6.07) is -0.332. The number of hydrogen-bond acceptors (Lipinski definition) is 4. The number of sulfonamides is 1. The lowest BCUT2D eigenvalue weighted by atomic mass is 10.3. The molecule has 96 valence electrons. The van der Waals surface area contributed by atoms with Gasteiger partial charge in [0, 0.05) is 13.0 Å². The van der Waals surface area contributed by atoms with Crippen molar-refractivity contribution in [3.8, 4) is 0 Å². The molecule has 0 fully saturated rings. The van der Waals surface area contributed by atoms with Crippen LogP contribution in [0.1, 0.15) is 44.9 Å². The second kappa shape index (κ2) is 4.38. The van der Waals surface area contributed by atoms with Crippen LogP contribution in [0.15, 0.2) is 0 Å². The van der Waals surface area contributed by atoms with Crippen LogP contribution in [-0.4, -0.2) is 28.4 Å². The highest BCUT2D eigenvalue weighted by atomic mass is 32.2. The van der Waals surface area contributed by atoms with Gasteiger partial charge in [-0.25, -0.2) is 13.1 Å². The van der Waals surface area contributed by atoms with E-state index in [0.717, 1.165) is 25.2 Å². The average molecular weight is 258 g/mol. The lowest BCUT2D eigenvalue weighted by Crippen LogP contribution is -2.34. The van der Waals surface area contributed by atoms with Gasteiger partial charge in [0.25, 0.3) is 0 Å². The van der Waals surface area contributed by atoms with Gasteiger partial charge in [0.05, 0.1) is 11.3 Å². The van der Waals surface area contributed by atoms with Gasteiger partial charge in [-0.05, 0) is 27.2 Å². The molecule has 1 aliphatic heterocycles. The third kappa shape index (κ3) is 2.35. The zero-order valence-corrected chi connectivity index (χ0v) is 11.2. The van der Waals surface area contributed by atoms with Crippen molar-refractivity contribution >= 4 is 10.0 Å². The highest BCUT2D eigenvalue weighted by Gasteiger charge is 2.25. The first-order valence-corrected chi connectivity index (χ1v) is 7.39. The molecule has 0 bridgehead atoms. The van der Waals surface area contributed by atoms with Gasteiger partial charge in [0.2, 0.25) is 10.0 Å². The molecule has 1 unspecified atom stereocenters. The van der Waals surface area contributed by atoms with E-state index >= 15 is 0 Å². The Bertz CT molecular complexity index is 506. The molecule has 0 amide bonds. The second-order valence-corrected chi connectivity index (χ2v) is 6.93. The summed E-state index contributed by atoms with van der Waals surface area (Å²) in [5, 5.41) is 7.70. The van der Waals surface area contributed by atoms with Crippen LogP contribution in [0, 0.1) is 0 Å². The summed E-state index contributed by atoms with van der Waals surface area (Å²) >= 11 is 0. The molecule has 2 heterocycles. The van der Waals surface area contributed by atoms with E-state index in [1.165, 1.54) is 0 Å². The number of aryl methyl sites for hydroxylation is 1. The molecule has 0 aromatic carbocycles. The summed E-state index contributed by atoms with van der Waals surface area (Å²) in [6.45, 7) is 5.99. The predicted molar refractivity (Wildman–Crippen MR) is 63.9 cm³/mol. The quantitative estimate of drug-likeness (QED) is 0.858. The summed E-state index contributed by atoms with van der Waals surface area (Å²) in [7, 11) is -3.27. The minimum Gasteiger partial charge on any atom is -0.314 e. The molecule has 2 rings (SSSR count). The first kappa shape index (κ1) is 12.5. The van der Waals surface area contributed by atoms with Crippen LogP contribution in [0.3, 0.4) is 0 Å². The summed E-state index contributed by atoms with van der Waals surface area (Å²) in [5.74, 6) is 1.66. The van der Waals surface area contributed by atoms with Gasteiger partial charge in [-0.2, -0.15) is 0 Å². The largest absolute Gasteiger partial charge is 0.314 e. The Morgan fingerprint density at radius 2 is 2.00 bits per heavy atom. The third-order valence-electron chi connectivity index (χ3n) is 2.99. The Balaban J connectivity index is 2.18. The van der Waals surface area contributed by atoms with Gasteiger partial charge in [-0.15, -0.1) is 10.2 Å². The van der Waals surface area contributed by atoms with Crippen LogP contribution in [0.25, 0.3) is 0 Å².